The third-order valence-electron chi connectivity index (χ3n) is 4.78. The van der Waals surface area contributed by atoms with Crippen molar-refractivity contribution in [3.63, 3.8) is 0 Å². The molecule has 4 atom stereocenters. The van der Waals surface area contributed by atoms with Gasteiger partial charge in [0.05, 0.1) is 23.9 Å². The second kappa shape index (κ2) is 7.51. The van der Waals surface area contributed by atoms with E-state index in [1.807, 2.05) is 74.5 Å². The fourth-order valence-electron chi connectivity index (χ4n) is 3.07. The van der Waals surface area contributed by atoms with Crippen LogP contribution in [0.15, 0.2) is 60.7 Å². The highest BCUT2D eigenvalue weighted by Crippen LogP contribution is 2.39. The van der Waals surface area contributed by atoms with Gasteiger partial charge in [0, 0.05) is 0 Å². The molecule has 1 fully saturated rings. The molecule has 130 valence electrons. The summed E-state index contributed by atoms with van der Waals surface area (Å²) in [5.74, 6) is -0.504. The molecule has 0 spiro atoms. The molecule has 0 aromatic heterocycles. The van der Waals surface area contributed by atoms with Gasteiger partial charge in [0.25, 0.3) is 0 Å². The van der Waals surface area contributed by atoms with Crippen LogP contribution in [0.25, 0.3) is 0 Å². The second-order valence-corrected chi connectivity index (χ2v) is 6.73. The number of carbonyl (C=O) groups excluding carboxylic acids is 2. The third-order valence-corrected chi connectivity index (χ3v) is 4.78. The first kappa shape index (κ1) is 17.2. The van der Waals surface area contributed by atoms with Gasteiger partial charge < -0.3 is 10.6 Å². The van der Waals surface area contributed by atoms with Crippen molar-refractivity contribution in [3.8, 4) is 0 Å². The molecule has 2 N–H and O–H groups in total. The van der Waals surface area contributed by atoms with E-state index in [0.29, 0.717) is 6.42 Å². The van der Waals surface area contributed by atoms with E-state index in [4.69, 9.17) is 0 Å². The van der Waals surface area contributed by atoms with Crippen molar-refractivity contribution < 1.29 is 9.59 Å². The van der Waals surface area contributed by atoms with Crippen LogP contribution in [-0.4, -0.2) is 11.8 Å². The standard InChI is InChI=1S/C21H24N2O2/c1-14(16-9-5-3-6-10-16)22-20(24)18-13-19(18)21(25)23-15(2)17-11-7-4-8-12-17/h3-12,14-15,18-19H,13H2,1-2H3,(H,22,24)(H,23,25). The summed E-state index contributed by atoms with van der Waals surface area (Å²) in [7, 11) is 0. The van der Waals surface area contributed by atoms with Gasteiger partial charge in [-0.3, -0.25) is 9.59 Å². The molecular weight excluding hydrogens is 312 g/mol. The molecule has 25 heavy (non-hydrogen) atoms. The van der Waals surface area contributed by atoms with E-state index in [1.165, 1.54) is 0 Å². The molecule has 4 nitrogen and oxygen atoms in total. The topological polar surface area (TPSA) is 58.2 Å². The molecule has 1 aliphatic rings. The van der Waals surface area contributed by atoms with Crippen molar-refractivity contribution in [2.45, 2.75) is 32.4 Å². The van der Waals surface area contributed by atoms with E-state index < -0.39 is 0 Å². The first-order valence-electron chi connectivity index (χ1n) is 8.77. The minimum Gasteiger partial charge on any atom is -0.349 e. The van der Waals surface area contributed by atoms with Crippen molar-refractivity contribution >= 4 is 11.8 Å². The summed E-state index contributed by atoms with van der Waals surface area (Å²) in [6.45, 7) is 3.92. The molecule has 0 aliphatic heterocycles. The Hall–Kier alpha value is -2.62. The summed E-state index contributed by atoms with van der Waals surface area (Å²) < 4.78 is 0. The number of benzene rings is 2. The fourth-order valence-corrected chi connectivity index (χ4v) is 3.07. The number of amides is 2. The van der Waals surface area contributed by atoms with Gasteiger partial charge >= 0.3 is 0 Å². The van der Waals surface area contributed by atoms with E-state index >= 15 is 0 Å². The average molecular weight is 336 g/mol. The van der Waals surface area contributed by atoms with Crippen LogP contribution in [-0.2, 0) is 9.59 Å². The Kier molecular flexibility index (Phi) is 5.17. The Labute approximate surface area is 148 Å². The lowest BCUT2D eigenvalue weighted by atomic mass is 10.1. The maximum Gasteiger partial charge on any atom is 0.224 e. The van der Waals surface area contributed by atoms with Crippen LogP contribution in [0.4, 0.5) is 0 Å². The molecule has 4 heteroatoms. The lowest BCUT2D eigenvalue weighted by Crippen LogP contribution is -2.32. The molecule has 1 aliphatic carbocycles. The zero-order valence-electron chi connectivity index (χ0n) is 14.6. The van der Waals surface area contributed by atoms with Crippen LogP contribution in [0.3, 0.4) is 0 Å². The highest BCUT2D eigenvalue weighted by atomic mass is 16.2. The number of hydrogen-bond acceptors (Lipinski definition) is 2. The van der Waals surface area contributed by atoms with Crippen LogP contribution in [0.2, 0.25) is 0 Å². The van der Waals surface area contributed by atoms with E-state index in [9.17, 15) is 9.59 Å². The first-order chi connectivity index (χ1) is 12.1. The summed E-state index contributed by atoms with van der Waals surface area (Å²) in [5.41, 5.74) is 2.13. The lowest BCUT2D eigenvalue weighted by molar-refractivity contribution is -0.128. The Bertz CT molecular complexity index is 667. The summed E-state index contributed by atoms with van der Waals surface area (Å²) in [5, 5.41) is 6.02. The molecule has 0 radical (unpaired) electrons. The highest BCUT2D eigenvalue weighted by molar-refractivity contribution is 5.92. The van der Waals surface area contributed by atoms with E-state index in [0.717, 1.165) is 11.1 Å². The third kappa shape index (κ3) is 4.27. The molecule has 2 amide bonds. The largest absolute Gasteiger partial charge is 0.349 e. The average Bonchev–Trinajstić information content (AvgIpc) is 3.44. The molecule has 0 bridgehead atoms. The predicted octanol–water partition coefficient (Wildman–Crippen LogP) is 3.38. The van der Waals surface area contributed by atoms with Crippen LogP contribution < -0.4 is 10.6 Å². The van der Waals surface area contributed by atoms with Crippen molar-refractivity contribution in [2.75, 3.05) is 0 Å². The van der Waals surface area contributed by atoms with Gasteiger partial charge in [0.15, 0.2) is 0 Å². The highest BCUT2D eigenvalue weighted by Gasteiger charge is 2.48. The Morgan fingerprint density at radius 1 is 0.760 bits per heavy atom. The van der Waals surface area contributed by atoms with Gasteiger partial charge in [0.2, 0.25) is 11.8 Å². The van der Waals surface area contributed by atoms with Gasteiger partial charge in [0.1, 0.15) is 0 Å². The maximum absolute atomic E-state index is 12.4. The summed E-state index contributed by atoms with van der Waals surface area (Å²) in [6.07, 6.45) is 0.626. The van der Waals surface area contributed by atoms with Crippen molar-refractivity contribution in [3.05, 3.63) is 71.8 Å². The monoisotopic (exact) mass is 336 g/mol. The van der Waals surface area contributed by atoms with Gasteiger partial charge in [-0.25, -0.2) is 0 Å². The Morgan fingerprint density at radius 2 is 1.12 bits per heavy atom. The molecule has 1 saturated carbocycles. The number of carbonyl (C=O) groups is 2. The number of hydrogen-bond donors (Lipinski definition) is 2. The van der Waals surface area contributed by atoms with E-state index in [2.05, 4.69) is 10.6 Å². The minimum absolute atomic E-state index is 0.0381. The van der Waals surface area contributed by atoms with Crippen LogP contribution in [0.1, 0.15) is 43.5 Å². The van der Waals surface area contributed by atoms with Crippen molar-refractivity contribution in [2.24, 2.45) is 11.8 Å². The van der Waals surface area contributed by atoms with Crippen LogP contribution in [0, 0.1) is 11.8 Å². The molecule has 0 saturated heterocycles. The lowest BCUT2D eigenvalue weighted by Gasteiger charge is -2.15. The van der Waals surface area contributed by atoms with Crippen LogP contribution in [0.5, 0.6) is 0 Å². The van der Waals surface area contributed by atoms with Crippen molar-refractivity contribution in [1.82, 2.24) is 10.6 Å². The van der Waals surface area contributed by atoms with Crippen LogP contribution >= 0.6 is 0 Å². The SMILES string of the molecule is CC(NC(=O)C1CC1C(=O)NC(C)c1ccccc1)c1ccccc1. The Balaban J connectivity index is 1.50. The normalized spacial score (nSPS) is 21.0. The maximum atomic E-state index is 12.4. The summed E-state index contributed by atoms with van der Waals surface area (Å²) in [6, 6.07) is 19.6. The molecule has 3 rings (SSSR count). The fraction of sp³-hybridized carbons (Fsp3) is 0.333. The molecule has 4 unspecified atom stereocenters. The summed E-state index contributed by atoms with van der Waals surface area (Å²) >= 11 is 0. The number of nitrogens with one attached hydrogen (secondary N) is 2. The first-order valence-corrected chi connectivity index (χ1v) is 8.77. The smallest absolute Gasteiger partial charge is 0.224 e. The Morgan fingerprint density at radius 3 is 1.48 bits per heavy atom. The second-order valence-electron chi connectivity index (χ2n) is 6.73. The molecule has 2 aromatic rings. The zero-order valence-corrected chi connectivity index (χ0v) is 14.6. The summed E-state index contributed by atoms with van der Waals surface area (Å²) in [4.78, 5) is 24.7. The van der Waals surface area contributed by atoms with Crippen molar-refractivity contribution in [1.29, 1.82) is 0 Å². The predicted molar refractivity (Wildman–Crippen MR) is 97.6 cm³/mol. The molecular formula is C21H24N2O2. The quantitative estimate of drug-likeness (QED) is 0.850. The number of rotatable bonds is 6. The zero-order chi connectivity index (χ0) is 17.8. The van der Waals surface area contributed by atoms with E-state index in [1.54, 1.807) is 0 Å². The van der Waals surface area contributed by atoms with Gasteiger partial charge in [-0.2, -0.15) is 0 Å². The van der Waals surface area contributed by atoms with Gasteiger partial charge in [-0.05, 0) is 31.4 Å². The van der Waals surface area contributed by atoms with E-state index in [-0.39, 0.29) is 35.7 Å². The minimum atomic E-state index is -0.214. The van der Waals surface area contributed by atoms with Gasteiger partial charge in [-0.15, -0.1) is 0 Å². The molecule has 0 heterocycles. The molecule has 2 aromatic carbocycles. The van der Waals surface area contributed by atoms with Gasteiger partial charge in [-0.1, -0.05) is 60.7 Å².